The molecule has 0 unspecified atom stereocenters. The van der Waals surface area contributed by atoms with E-state index in [0.717, 1.165) is 24.3 Å². The molecule has 1 amide bonds. The van der Waals surface area contributed by atoms with E-state index in [1.807, 2.05) is 49.4 Å². The van der Waals surface area contributed by atoms with Gasteiger partial charge in [0.05, 0.1) is 6.04 Å². The molecule has 4 heteroatoms. The number of nitrogens with one attached hydrogen (secondary N) is 2. The Morgan fingerprint density at radius 3 is 2.39 bits per heavy atom. The van der Waals surface area contributed by atoms with Crippen molar-refractivity contribution in [3.63, 3.8) is 0 Å². The summed E-state index contributed by atoms with van der Waals surface area (Å²) in [5.41, 5.74) is 2.37. The molecule has 0 spiro atoms. The van der Waals surface area contributed by atoms with Crippen molar-refractivity contribution in [3.05, 3.63) is 65.7 Å². The van der Waals surface area contributed by atoms with Gasteiger partial charge in [-0.1, -0.05) is 42.5 Å². The van der Waals surface area contributed by atoms with Crippen molar-refractivity contribution in [1.29, 1.82) is 0 Å². The molecule has 2 N–H and O–H groups in total. The van der Waals surface area contributed by atoms with Crippen molar-refractivity contribution in [2.45, 2.75) is 26.0 Å². The molecule has 0 aromatic heterocycles. The van der Waals surface area contributed by atoms with Crippen LogP contribution in [0.3, 0.4) is 0 Å². The summed E-state index contributed by atoms with van der Waals surface area (Å²) in [4.78, 5) is 11.4. The predicted molar refractivity (Wildman–Crippen MR) is 92.5 cm³/mol. The molecule has 0 saturated carbocycles. The average Bonchev–Trinajstić information content (AvgIpc) is 2.61. The van der Waals surface area contributed by atoms with Crippen LogP contribution in [0.1, 0.15) is 18.1 Å². The van der Waals surface area contributed by atoms with Crippen molar-refractivity contribution in [3.8, 4) is 5.75 Å². The third kappa shape index (κ3) is 5.75. The second kappa shape index (κ2) is 8.96. The average molecular weight is 312 g/mol. The van der Waals surface area contributed by atoms with Crippen LogP contribution in [0.2, 0.25) is 0 Å². The lowest BCUT2D eigenvalue weighted by Gasteiger charge is -2.12. The Kier molecular flexibility index (Phi) is 6.63. The maximum atomic E-state index is 11.4. The maximum Gasteiger partial charge on any atom is 0.236 e. The van der Waals surface area contributed by atoms with Gasteiger partial charge in [0.15, 0.2) is 0 Å². The summed E-state index contributed by atoms with van der Waals surface area (Å²) in [6, 6.07) is 18.0. The minimum atomic E-state index is -0.173. The van der Waals surface area contributed by atoms with Gasteiger partial charge in [0, 0.05) is 7.05 Å². The van der Waals surface area contributed by atoms with Gasteiger partial charge in [0.2, 0.25) is 5.91 Å². The van der Waals surface area contributed by atoms with Crippen LogP contribution in [-0.2, 0) is 17.8 Å². The third-order valence-corrected chi connectivity index (χ3v) is 3.68. The zero-order valence-corrected chi connectivity index (χ0v) is 13.7. The fourth-order valence-electron chi connectivity index (χ4n) is 2.24. The van der Waals surface area contributed by atoms with Gasteiger partial charge in [-0.15, -0.1) is 0 Å². The number of amides is 1. The molecular weight excluding hydrogens is 288 g/mol. The molecule has 0 aliphatic carbocycles. The lowest BCUT2D eigenvalue weighted by Crippen LogP contribution is -2.41. The molecule has 2 aromatic rings. The zero-order chi connectivity index (χ0) is 16.5. The summed E-state index contributed by atoms with van der Waals surface area (Å²) < 4.78 is 5.77. The van der Waals surface area contributed by atoms with Crippen molar-refractivity contribution >= 4 is 5.91 Å². The Bertz CT molecular complexity index is 597. The lowest BCUT2D eigenvalue weighted by molar-refractivity contribution is -0.122. The number of carbonyl (C=O) groups excluding carboxylic acids is 1. The number of carbonyl (C=O) groups is 1. The van der Waals surface area contributed by atoms with Crippen molar-refractivity contribution in [1.82, 2.24) is 10.6 Å². The molecule has 0 aliphatic heterocycles. The second-order valence-corrected chi connectivity index (χ2v) is 5.46. The maximum absolute atomic E-state index is 11.4. The van der Waals surface area contributed by atoms with Gasteiger partial charge in [-0.3, -0.25) is 4.79 Å². The van der Waals surface area contributed by atoms with Gasteiger partial charge < -0.3 is 15.4 Å². The van der Waals surface area contributed by atoms with Gasteiger partial charge in [-0.25, -0.2) is 0 Å². The predicted octanol–water partition coefficient (Wildman–Crippen LogP) is 2.53. The molecule has 0 aliphatic rings. The van der Waals surface area contributed by atoms with Gasteiger partial charge in [0.1, 0.15) is 12.4 Å². The zero-order valence-electron chi connectivity index (χ0n) is 13.7. The Labute approximate surface area is 137 Å². The fourth-order valence-corrected chi connectivity index (χ4v) is 2.24. The first-order chi connectivity index (χ1) is 11.2. The van der Waals surface area contributed by atoms with Gasteiger partial charge in [0.25, 0.3) is 0 Å². The van der Waals surface area contributed by atoms with Crippen molar-refractivity contribution < 1.29 is 9.53 Å². The Hall–Kier alpha value is -2.33. The standard InChI is InChI=1S/C19H24N2O2/c1-15(19(22)20-2)21-13-12-16-8-10-18(11-9-16)23-14-17-6-4-3-5-7-17/h3-11,15,21H,12-14H2,1-2H3,(H,20,22)/t15-/m0/s1. The summed E-state index contributed by atoms with van der Waals surface area (Å²) in [5, 5.41) is 5.83. The molecule has 2 rings (SSSR count). The van der Waals surface area contributed by atoms with E-state index in [0.29, 0.717) is 6.61 Å². The van der Waals surface area contributed by atoms with E-state index < -0.39 is 0 Å². The summed E-state index contributed by atoms with van der Waals surface area (Å²) in [5.74, 6) is 0.874. The fraction of sp³-hybridized carbons (Fsp3) is 0.316. The van der Waals surface area contributed by atoms with Crippen LogP contribution in [0.4, 0.5) is 0 Å². The number of rotatable bonds is 8. The molecule has 4 nitrogen and oxygen atoms in total. The second-order valence-electron chi connectivity index (χ2n) is 5.46. The van der Waals surface area contributed by atoms with E-state index >= 15 is 0 Å². The molecule has 0 radical (unpaired) electrons. The van der Waals surface area contributed by atoms with E-state index in [-0.39, 0.29) is 11.9 Å². The summed E-state index contributed by atoms with van der Waals surface area (Å²) in [7, 11) is 1.65. The van der Waals surface area contributed by atoms with Crippen LogP contribution in [0.25, 0.3) is 0 Å². The SMILES string of the molecule is CNC(=O)[C@H](C)NCCc1ccc(OCc2ccccc2)cc1. The Morgan fingerprint density at radius 2 is 1.74 bits per heavy atom. The number of benzene rings is 2. The molecule has 0 bridgehead atoms. The Balaban J connectivity index is 1.75. The first-order valence-electron chi connectivity index (χ1n) is 7.89. The minimum Gasteiger partial charge on any atom is -0.489 e. The van der Waals surface area contributed by atoms with Crippen LogP contribution in [-0.4, -0.2) is 25.5 Å². The van der Waals surface area contributed by atoms with Gasteiger partial charge in [-0.2, -0.15) is 0 Å². The highest BCUT2D eigenvalue weighted by molar-refractivity contribution is 5.80. The first kappa shape index (κ1) is 17.0. The van der Waals surface area contributed by atoms with E-state index in [4.69, 9.17) is 4.74 Å². The third-order valence-electron chi connectivity index (χ3n) is 3.68. The molecule has 0 heterocycles. The molecular formula is C19H24N2O2. The van der Waals surface area contributed by atoms with Crippen LogP contribution in [0.15, 0.2) is 54.6 Å². The molecule has 122 valence electrons. The lowest BCUT2D eigenvalue weighted by atomic mass is 10.1. The summed E-state index contributed by atoms with van der Waals surface area (Å²) >= 11 is 0. The quantitative estimate of drug-likeness (QED) is 0.787. The van der Waals surface area contributed by atoms with Crippen molar-refractivity contribution in [2.75, 3.05) is 13.6 Å². The van der Waals surface area contributed by atoms with Crippen LogP contribution in [0, 0.1) is 0 Å². The Morgan fingerprint density at radius 1 is 1.04 bits per heavy atom. The highest BCUT2D eigenvalue weighted by Gasteiger charge is 2.08. The number of hydrogen-bond acceptors (Lipinski definition) is 3. The summed E-state index contributed by atoms with van der Waals surface area (Å²) in [6.07, 6.45) is 0.875. The number of ether oxygens (including phenoxy) is 1. The van der Waals surface area contributed by atoms with Crippen molar-refractivity contribution in [2.24, 2.45) is 0 Å². The van der Waals surface area contributed by atoms with Crippen LogP contribution in [0.5, 0.6) is 5.75 Å². The highest BCUT2D eigenvalue weighted by Crippen LogP contribution is 2.14. The molecule has 1 atom stereocenters. The largest absolute Gasteiger partial charge is 0.489 e. The molecule has 23 heavy (non-hydrogen) atoms. The van der Waals surface area contributed by atoms with Gasteiger partial charge >= 0.3 is 0 Å². The van der Waals surface area contributed by atoms with Gasteiger partial charge in [-0.05, 0) is 43.1 Å². The smallest absolute Gasteiger partial charge is 0.236 e. The molecule has 0 saturated heterocycles. The topological polar surface area (TPSA) is 50.4 Å². The molecule has 0 fully saturated rings. The van der Waals surface area contributed by atoms with E-state index in [1.54, 1.807) is 7.05 Å². The van der Waals surface area contributed by atoms with Crippen LogP contribution < -0.4 is 15.4 Å². The van der Waals surface area contributed by atoms with Crippen LogP contribution >= 0.6 is 0 Å². The van der Waals surface area contributed by atoms with E-state index in [1.165, 1.54) is 5.56 Å². The minimum absolute atomic E-state index is 0.00894. The first-order valence-corrected chi connectivity index (χ1v) is 7.89. The monoisotopic (exact) mass is 312 g/mol. The van der Waals surface area contributed by atoms with E-state index in [2.05, 4.69) is 22.8 Å². The number of hydrogen-bond donors (Lipinski definition) is 2. The molecule has 2 aromatic carbocycles. The number of likely N-dealkylation sites (N-methyl/N-ethyl adjacent to an activating group) is 1. The highest BCUT2D eigenvalue weighted by atomic mass is 16.5. The summed E-state index contributed by atoms with van der Waals surface area (Å²) in [6.45, 7) is 3.20. The van der Waals surface area contributed by atoms with E-state index in [9.17, 15) is 4.79 Å². The normalized spacial score (nSPS) is 11.7.